The molecule has 2 N–H and O–H groups in total. The van der Waals surface area contributed by atoms with E-state index < -0.39 is 0 Å². The molecule has 0 aliphatic rings. The van der Waals surface area contributed by atoms with E-state index in [0.29, 0.717) is 0 Å². The zero-order valence-corrected chi connectivity index (χ0v) is 11.5. The van der Waals surface area contributed by atoms with Crippen LogP contribution < -0.4 is 5.73 Å². The van der Waals surface area contributed by atoms with Crippen molar-refractivity contribution in [3.63, 3.8) is 0 Å². The van der Waals surface area contributed by atoms with Crippen molar-refractivity contribution in [1.29, 1.82) is 0 Å². The average molecular weight is 271 g/mol. The molecule has 96 valence electrons. The first-order chi connectivity index (χ1) is 9.19. The van der Waals surface area contributed by atoms with Crippen molar-refractivity contribution in [1.82, 2.24) is 19.7 Å². The summed E-state index contributed by atoms with van der Waals surface area (Å²) in [7, 11) is 1.89. The average Bonchev–Trinajstić information content (AvgIpc) is 2.76. The Hall–Kier alpha value is -2.08. The van der Waals surface area contributed by atoms with Crippen LogP contribution in [0.3, 0.4) is 0 Å². The minimum Gasteiger partial charge on any atom is -0.399 e. The van der Waals surface area contributed by atoms with Gasteiger partial charge in [0.2, 0.25) is 0 Å². The van der Waals surface area contributed by atoms with E-state index in [1.54, 1.807) is 4.68 Å². The summed E-state index contributed by atoms with van der Waals surface area (Å²) >= 11 is 1.52. The number of nitrogen functional groups attached to an aromatic ring is 1. The standard InChI is InChI=1S/C13H13N5S/c1-18-12-10(7-15-13(16-12)19-2)11(17-18)8-3-5-9(14)6-4-8/h3-7H,14H2,1-2H3. The predicted octanol–water partition coefficient (Wildman–Crippen LogP) is 2.33. The summed E-state index contributed by atoms with van der Waals surface area (Å²) in [4.78, 5) is 8.80. The van der Waals surface area contributed by atoms with Crippen LogP contribution in [-0.4, -0.2) is 26.0 Å². The van der Waals surface area contributed by atoms with Gasteiger partial charge >= 0.3 is 0 Å². The van der Waals surface area contributed by atoms with Crippen molar-refractivity contribution in [2.45, 2.75) is 5.16 Å². The second-order valence-corrected chi connectivity index (χ2v) is 4.96. The minimum atomic E-state index is 0.741. The lowest BCUT2D eigenvalue weighted by Crippen LogP contribution is -1.93. The first-order valence-corrected chi connectivity index (χ1v) is 7.01. The van der Waals surface area contributed by atoms with E-state index in [1.807, 2.05) is 43.8 Å². The van der Waals surface area contributed by atoms with Crippen LogP contribution in [0.5, 0.6) is 0 Å². The van der Waals surface area contributed by atoms with Crippen LogP contribution in [0.2, 0.25) is 0 Å². The number of nitrogens with zero attached hydrogens (tertiary/aromatic N) is 4. The molecule has 0 bridgehead atoms. The highest BCUT2D eigenvalue weighted by molar-refractivity contribution is 7.98. The molecule has 6 heteroatoms. The number of anilines is 1. The summed E-state index contributed by atoms with van der Waals surface area (Å²) in [5.41, 5.74) is 9.18. The van der Waals surface area contributed by atoms with Crippen LogP contribution >= 0.6 is 11.8 Å². The molecule has 0 atom stereocenters. The SMILES string of the molecule is CSc1ncc2c(-c3ccc(N)cc3)nn(C)c2n1. The number of rotatable bonds is 2. The molecule has 1 aromatic carbocycles. The highest BCUT2D eigenvalue weighted by atomic mass is 32.2. The molecule has 0 saturated carbocycles. The summed E-state index contributed by atoms with van der Waals surface area (Å²) in [6.45, 7) is 0. The Morgan fingerprint density at radius 3 is 2.63 bits per heavy atom. The zero-order valence-electron chi connectivity index (χ0n) is 10.7. The van der Waals surface area contributed by atoms with Gasteiger partial charge in [0.15, 0.2) is 10.8 Å². The number of benzene rings is 1. The molecule has 0 amide bonds. The quantitative estimate of drug-likeness (QED) is 0.440. The van der Waals surface area contributed by atoms with E-state index in [4.69, 9.17) is 5.73 Å². The number of nitrogens with two attached hydrogens (primary N) is 1. The summed E-state index contributed by atoms with van der Waals surface area (Å²) in [5.74, 6) is 0. The van der Waals surface area contributed by atoms with Crippen LogP contribution in [0.4, 0.5) is 5.69 Å². The Bertz CT molecular complexity index is 733. The van der Waals surface area contributed by atoms with Gasteiger partial charge in [0.25, 0.3) is 0 Å². The van der Waals surface area contributed by atoms with E-state index >= 15 is 0 Å². The van der Waals surface area contributed by atoms with E-state index in [1.165, 1.54) is 11.8 Å². The Balaban J connectivity index is 2.22. The maximum atomic E-state index is 5.71. The number of hydrogen-bond acceptors (Lipinski definition) is 5. The molecule has 0 unspecified atom stereocenters. The molecule has 3 aromatic rings. The predicted molar refractivity (Wildman–Crippen MR) is 77.9 cm³/mol. The van der Waals surface area contributed by atoms with Crippen LogP contribution in [0.15, 0.2) is 35.6 Å². The van der Waals surface area contributed by atoms with Crippen LogP contribution in [0.1, 0.15) is 0 Å². The van der Waals surface area contributed by atoms with Crippen LogP contribution in [-0.2, 0) is 7.05 Å². The van der Waals surface area contributed by atoms with Gasteiger partial charge in [-0.1, -0.05) is 23.9 Å². The molecule has 5 nitrogen and oxygen atoms in total. The fourth-order valence-corrected chi connectivity index (χ4v) is 2.31. The van der Waals surface area contributed by atoms with Crippen molar-refractivity contribution in [3.05, 3.63) is 30.5 Å². The Morgan fingerprint density at radius 1 is 1.21 bits per heavy atom. The highest BCUT2D eigenvalue weighted by Gasteiger charge is 2.12. The maximum Gasteiger partial charge on any atom is 0.189 e. The molecule has 0 aliphatic carbocycles. The largest absolute Gasteiger partial charge is 0.399 e. The Labute approximate surface area is 114 Å². The van der Waals surface area contributed by atoms with Crippen molar-refractivity contribution < 1.29 is 0 Å². The third-order valence-corrected chi connectivity index (χ3v) is 3.49. The van der Waals surface area contributed by atoms with Gasteiger partial charge < -0.3 is 5.73 Å². The third kappa shape index (κ3) is 2.04. The van der Waals surface area contributed by atoms with E-state index in [0.717, 1.165) is 33.1 Å². The summed E-state index contributed by atoms with van der Waals surface area (Å²) in [5, 5.41) is 6.23. The van der Waals surface area contributed by atoms with Gasteiger partial charge in [0.05, 0.1) is 5.39 Å². The van der Waals surface area contributed by atoms with Gasteiger partial charge in [-0.25, -0.2) is 14.6 Å². The third-order valence-electron chi connectivity index (χ3n) is 2.92. The number of aromatic nitrogens is 4. The Kier molecular flexibility index (Phi) is 2.87. The molecule has 2 heterocycles. The monoisotopic (exact) mass is 271 g/mol. The first-order valence-electron chi connectivity index (χ1n) is 5.78. The van der Waals surface area contributed by atoms with Gasteiger partial charge in [-0.3, -0.25) is 0 Å². The van der Waals surface area contributed by atoms with Crippen molar-refractivity contribution in [3.8, 4) is 11.3 Å². The molecular formula is C13H13N5S. The molecular weight excluding hydrogens is 258 g/mol. The normalized spacial score (nSPS) is 11.1. The van der Waals surface area contributed by atoms with Crippen molar-refractivity contribution in [2.75, 3.05) is 12.0 Å². The molecule has 2 aromatic heterocycles. The highest BCUT2D eigenvalue weighted by Crippen LogP contribution is 2.27. The summed E-state index contributed by atoms with van der Waals surface area (Å²) < 4.78 is 1.78. The topological polar surface area (TPSA) is 69.6 Å². The molecule has 19 heavy (non-hydrogen) atoms. The molecule has 0 spiro atoms. The van der Waals surface area contributed by atoms with Gasteiger partial charge in [0.1, 0.15) is 5.69 Å². The molecule has 0 aliphatic heterocycles. The lowest BCUT2D eigenvalue weighted by Gasteiger charge is -1.99. The molecule has 3 rings (SSSR count). The molecule has 0 fully saturated rings. The van der Waals surface area contributed by atoms with Crippen LogP contribution in [0.25, 0.3) is 22.3 Å². The maximum absolute atomic E-state index is 5.71. The Morgan fingerprint density at radius 2 is 1.95 bits per heavy atom. The van der Waals surface area contributed by atoms with Gasteiger partial charge in [0, 0.05) is 24.5 Å². The van der Waals surface area contributed by atoms with Gasteiger partial charge in [-0.05, 0) is 18.4 Å². The number of thioether (sulfide) groups is 1. The minimum absolute atomic E-state index is 0.741. The summed E-state index contributed by atoms with van der Waals surface area (Å²) in [6, 6.07) is 7.65. The number of aryl methyl sites for hydroxylation is 1. The van der Waals surface area contributed by atoms with E-state index in [2.05, 4.69) is 15.1 Å². The fourth-order valence-electron chi connectivity index (χ4n) is 1.97. The van der Waals surface area contributed by atoms with E-state index in [-0.39, 0.29) is 0 Å². The fraction of sp³-hybridized carbons (Fsp3) is 0.154. The van der Waals surface area contributed by atoms with Crippen molar-refractivity contribution in [2.24, 2.45) is 7.05 Å². The number of fused-ring (bicyclic) bond motifs is 1. The van der Waals surface area contributed by atoms with Crippen molar-refractivity contribution >= 4 is 28.5 Å². The lowest BCUT2D eigenvalue weighted by molar-refractivity contribution is 0.780. The smallest absolute Gasteiger partial charge is 0.189 e. The molecule has 0 radical (unpaired) electrons. The van der Waals surface area contributed by atoms with Gasteiger partial charge in [-0.15, -0.1) is 0 Å². The molecule has 0 saturated heterocycles. The first kappa shape index (κ1) is 12.0. The van der Waals surface area contributed by atoms with Gasteiger partial charge in [-0.2, -0.15) is 5.10 Å². The second-order valence-electron chi connectivity index (χ2n) is 4.19. The number of hydrogen-bond donors (Lipinski definition) is 1. The van der Waals surface area contributed by atoms with E-state index in [9.17, 15) is 0 Å². The lowest BCUT2D eigenvalue weighted by atomic mass is 10.1. The second kappa shape index (κ2) is 4.55. The zero-order chi connectivity index (χ0) is 13.4. The van der Waals surface area contributed by atoms with Crippen LogP contribution in [0, 0.1) is 0 Å². The summed E-state index contributed by atoms with van der Waals surface area (Å²) in [6.07, 6.45) is 3.78.